The lowest BCUT2D eigenvalue weighted by atomic mass is 9.92. The third kappa shape index (κ3) is 3.99. The Kier molecular flexibility index (Phi) is 5.94. The fraction of sp³-hybridized carbons (Fsp3) is 0.579. The minimum atomic E-state index is -0.0573. The molecule has 4 nitrogen and oxygen atoms in total. The number of carbonyl (C=O) groups is 2. The van der Waals surface area contributed by atoms with Crippen molar-refractivity contribution in [2.24, 2.45) is 5.92 Å². The Labute approximate surface area is 138 Å². The van der Waals surface area contributed by atoms with E-state index >= 15 is 0 Å². The molecule has 1 aliphatic heterocycles. The molecule has 0 spiro atoms. The number of aryl methyl sites for hydroxylation is 2. The summed E-state index contributed by atoms with van der Waals surface area (Å²) in [4.78, 5) is 25.5. The van der Waals surface area contributed by atoms with Crippen molar-refractivity contribution in [3.63, 3.8) is 0 Å². The third-order valence-corrected chi connectivity index (χ3v) is 4.90. The summed E-state index contributed by atoms with van der Waals surface area (Å²) in [5.41, 5.74) is 5.42. The van der Waals surface area contributed by atoms with E-state index in [0.29, 0.717) is 6.61 Å². The molecule has 0 atom stereocenters. The first-order valence-electron chi connectivity index (χ1n) is 8.41. The standard InChI is InChI=1S/C19H27NO3/c1-5-23-19(22)16-6-8-20(9-7-16)11-17-13(2)10-14(3)18(12-21)15(17)4/h10,12,16H,5-9,11H2,1-4H3. The molecule has 0 amide bonds. The molecule has 1 aromatic rings. The highest BCUT2D eigenvalue weighted by Crippen LogP contribution is 2.25. The van der Waals surface area contributed by atoms with Crippen LogP contribution in [-0.4, -0.2) is 36.9 Å². The summed E-state index contributed by atoms with van der Waals surface area (Å²) in [6.45, 7) is 11.1. The smallest absolute Gasteiger partial charge is 0.309 e. The number of ether oxygens (including phenoxy) is 1. The van der Waals surface area contributed by atoms with Crippen molar-refractivity contribution < 1.29 is 14.3 Å². The lowest BCUT2D eigenvalue weighted by molar-refractivity contribution is -0.149. The van der Waals surface area contributed by atoms with Crippen molar-refractivity contribution in [2.75, 3.05) is 19.7 Å². The van der Waals surface area contributed by atoms with Crippen molar-refractivity contribution in [1.29, 1.82) is 0 Å². The molecule has 126 valence electrons. The Bertz CT molecular complexity index is 587. The Morgan fingerprint density at radius 2 is 1.91 bits per heavy atom. The molecule has 1 aromatic carbocycles. The van der Waals surface area contributed by atoms with Gasteiger partial charge in [-0.1, -0.05) is 6.07 Å². The summed E-state index contributed by atoms with van der Waals surface area (Å²) in [6.07, 6.45) is 2.66. The molecule has 4 heteroatoms. The highest BCUT2D eigenvalue weighted by atomic mass is 16.5. The van der Waals surface area contributed by atoms with Gasteiger partial charge in [0.15, 0.2) is 6.29 Å². The van der Waals surface area contributed by atoms with Crippen LogP contribution in [0, 0.1) is 26.7 Å². The first kappa shape index (κ1) is 17.7. The van der Waals surface area contributed by atoms with Crippen LogP contribution >= 0.6 is 0 Å². The minimum Gasteiger partial charge on any atom is -0.466 e. The van der Waals surface area contributed by atoms with Gasteiger partial charge in [0.1, 0.15) is 0 Å². The van der Waals surface area contributed by atoms with Crippen LogP contribution in [0.4, 0.5) is 0 Å². The van der Waals surface area contributed by atoms with E-state index in [9.17, 15) is 9.59 Å². The molecule has 2 rings (SSSR count). The average Bonchev–Trinajstić information content (AvgIpc) is 2.52. The van der Waals surface area contributed by atoms with Crippen LogP contribution in [-0.2, 0) is 16.1 Å². The third-order valence-electron chi connectivity index (χ3n) is 4.90. The molecule has 0 radical (unpaired) electrons. The quantitative estimate of drug-likeness (QED) is 0.618. The van der Waals surface area contributed by atoms with Gasteiger partial charge >= 0.3 is 5.97 Å². The number of carbonyl (C=O) groups excluding carboxylic acids is 2. The van der Waals surface area contributed by atoms with Gasteiger partial charge in [0.05, 0.1) is 12.5 Å². The molecule has 23 heavy (non-hydrogen) atoms. The van der Waals surface area contributed by atoms with E-state index in [0.717, 1.165) is 55.5 Å². The highest BCUT2D eigenvalue weighted by Gasteiger charge is 2.26. The first-order valence-corrected chi connectivity index (χ1v) is 8.41. The van der Waals surface area contributed by atoms with Gasteiger partial charge in [0.2, 0.25) is 0 Å². The van der Waals surface area contributed by atoms with Crippen LogP contribution in [0.2, 0.25) is 0 Å². The van der Waals surface area contributed by atoms with Crippen LogP contribution in [0.25, 0.3) is 0 Å². The van der Waals surface area contributed by atoms with Gasteiger partial charge in [-0.2, -0.15) is 0 Å². The number of benzene rings is 1. The van der Waals surface area contributed by atoms with E-state index in [1.165, 1.54) is 11.1 Å². The zero-order chi connectivity index (χ0) is 17.0. The minimum absolute atomic E-state index is 0.0388. The maximum absolute atomic E-state index is 11.8. The summed E-state index contributed by atoms with van der Waals surface area (Å²) in [5.74, 6) is -0.0185. The lowest BCUT2D eigenvalue weighted by Crippen LogP contribution is -2.36. The van der Waals surface area contributed by atoms with Gasteiger partial charge in [-0.05, 0) is 75.9 Å². The summed E-state index contributed by atoms with van der Waals surface area (Å²) < 4.78 is 5.12. The van der Waals surface area contributed by atoms with E-state index in [1.54, 1.807) is 0 Å². The number of nitrogens with zero attached hydrogens (tertiary/aromatic N) is 1. The SMILES string of the molecule is CCOC(=O)C1CCN(Cc2c(C)cc(C)c(C=O)c2C)CC1. The molecular weight excluding hydrogens is 290 g/mol. The molecule has 0 aliphatic carbocycles. The van der Waals surface area contributed by atoms with Gasteiger partial charge in [-0.25, -0.2) is 0 Å². The molecule has 1 heterocycles. The molecule has 1 saturated heterocycles. The Morgan fingerprint density at radius 3 is 2.48 bits per heavy atom. The van der Waals surface area contributed by atoms with Crippen molar-refractivity contribution in [2.45, 2.75) is 47.1 Å². The van der Waals surface area contributed by atoms with Gasteiger partial charge in [-0.3, -0.25) is 14.5 Å². The van der Waals surface area contributed by atoms with Crippen molar-refractivity contribution in [3.05, 3.63) is 33.9 Å². The maximum Gasteiger partial charge on any atom is 0.309 e. The van der Waals surface area contributed by atoms with E-state index in [2.05, 4.69) is 17.9 Å². The summed E-state index contributed by atoms with van der Waals surface area (Å²) in [6, 6.07) is 2.09. The number of aldehydes is 1. The number of likely N-dealkylation sites (tertiary alicyclic amines) is 1. The van der Waals surface area contributed by atoms with Crippen LogP contribution < -0.4 is 0 Å². The first-order chi connectivity index (χ1) is 11.0. The second kappa shape index (κ2) is 7.73. The number of rotatable bonds is 5. The number of esters is 1. The van der Waals surface area contributed by atoms with Crippen LogP contribution in [0.5, 0.6) is 0 Å². The van der Waals surface area contributed by atoms with E-state index in [1.807, 2.05) is 20.8 Å². The average molecular weight is 317 g/mol. The fourth-order valence-corrected chi connectivity index (χ4v) is 3.48. The Balaban J connectivity index is 2.05. The second-order valence-corrected chi connectivity index (χ2v) is 6.45. The van der Waals surface area contributed by atoms with Crippen molar-refractivity contribution in [3.8, 4) is 0 Å². The van der Waals surface area contributed by atoms with Crippen LogP contribution in [0.3, 0.4) is 0 Å². The lowest BCUT2D eigenvalue weighted by Gasteiger charge is -2.32. The predicted octanol–water partition coefficient (Wildman–Crippen LogP) is 3.20. The van der Waals surface area contributed by atoms with Gasteiger partial charge in [0.25, 0.3) is 0 Å². The topological polar surface area (TPSA) is 46.6 Å². The molecule has 0 N–H and O–H groups in total. The normalized spacial score (nSPS) is 16.3. The van der Waals surface area contributed by atoms with E-state index in [-0.39, 0.29) is 11.9 Å². The molecule has 0 bridgehead atoms. The Hall–Kier alpha value is -1.68. The zero-order valence-electron chi connectivity index (χ0n) is 14.6. The molecule has 0 aromatic heterocycles. The summed E-state index contributed by atoms with van der Waals surface area (Å²) in [5, 5.41) is 0. The zero-order valence-corrected chi connectivity index (χ0v) is 14.6. The van der Waals surface area contributed by atoms with E-state index in [4.69, 9.17) is 4.74 Å². The Morgan fingerprint density at radius 1 is 1.26 bits per heavy atom. The van der Waals surface area contributed by atoms with Crippen molar-refractivity contribution in [1.82, 2.24) is 4.90 Å². The number of piperidine rings is 1. The maximum atomic E-state index is 11.8. The molecule has 0 unspecified atom stereocenters. The van der Waals surface area contributed by atoms with Crippen LogP contribution in [0.15, 0.2) is 6.07 Å². The monoisotopic (exact) mass is 317 g/mol. The largest absolute Gasteiger partial charge is 0.466 e. The van der Waals surface area contributed by atoms with Gasteiger partial charge in [-0.15, -0.1) is 0 Å². The van der Waals surface area contributed by atoms with Crippen LogP contribution in [0.1, 0.15) is 52.4 Å². The molecular formula is C19H27NO3. The number of hydrogen-bond donors (Lipinski definition) is 0. The predicted molar refractivity (Wildman–Crippen MR) is 90.7 cm³/mol. The van der Waals surface area contributed by atoms with Gasteiger partial charge in [0, 0.05) is 12.1 Å². The number of hydrogen-bond acceptors (Lipinski definition) is 4. The van der Waals surface area contributed by atoms with Gasteiger partial charge < -0.3 is 4.74 Å². The second-order valence-electron chi connectivity index (χ2n) is 6.45. The molecule has 1 fully saturated rings. The fourth-order valence-electron chi connectivity index (χ4n) is 3.48. The summed E-state index contributed by atoms with van der Waals surface area (Å²) >= 11 is 0. The molecule has 1 aliphatic rings. The highest BCUT2D eigenvalue weighted by molar-refractivity contribution is 5.80. The summed E-state index contributed by atoms with van der Waals surface area (Å²) in [7, 11) is 0. The molecule has 0 saturated carbocycles. The van der Waals surface area contributed by atoms with Crippen molar-refractivity contribution >= 4 is 12.3 Å². The van der Waals surface area contributed by atoms with E-state index < -0.39 is 0 Å².